The molecule has 1 saturated heterocycles. The van der Waals surface area contributed by atoms with E-state index in [0.717, 1.165) is 5.69 Å². The zero-order valence-electron chi connectivity index (χ0n) is 10.7. The average Bonchev–Trinajstić information content (AvgIpc) is 2.49. The van der Waals surface area contributed by atoms with Gasteiger partial charge >= 0.3 is 0 Å². The largest absolute Gasteiger partial charge is 0.391 e. The van der Waals surface area contributed by atoms with Crippen LogP contribution in [-0.4, -0.2) is 62.3 Å². The van der Waals surface area contributed by atoms with E-state index in [2.05, 4.69) is 9.97 Å². The molecule has 2 rings (SSSR count). The summed E-state index contributed by atoms with van der Waals surface area (Å²) < 4.78 is 0. The molecule has 0 radical (unpaired) electrons. The lowest BCUT2D eigenvalue weighted by molar-refractivity contribution is 0.0575. The number of aliphatic hydroxyl groups excluding tert-OH is 2. The number of amides is 1. The van der Waals surface area contributed by atoms with Crippen molar-refractivity contribution in [3.8, 4) is 0 Å². The molecule has 0 bridgehead atoms. The van der Waals surface area contributed by atoms with Crippen molar-refractivity contribution < 1.29 is 15.0 Å². The number of nitrogens with two attached hydrogens (primary N) is 1. The van der Waals surface area contributed by atoms with Crippen LogP contribution in [0.1, 0.15) is 22.6 Å². The van der Waals surface area contributed by atoms with E-state index in [0.29, 0.717) is 0 Å². The van der Waals surface area contributed by atoms with Crippen molar-refractivity contribution in [3.63, 3.8) is 0 Å². The van der Waals surface area contributed by atoms with Gasteiger partial charge in [0.1, 0.15) is 5.69 Å². The van der Waals surface area contributed by atoms with Crippen molar-refractivity contribution in [1.82, 2.24) is 14.9 Å². The van der Waals surface area contributed by atoms with Crippen molar-refractivity contribution in [2.75, 3.05) is 13.1 Å². The number of likely N-dealkylation sites (tertiary alicyclic amines) is 1. The molecule has 0 aromatic carbocycles. The molecule has 0 unspecified atom stereocenters. The van der Waals surface area contributed by atoms with E-state index in [9.17, 15) is 15.0 Å². The first kappa shape index (κ1) is 13.9. The van der Waals surface area contributed by atoms with Gasteiger partial charge in [-0.05, 0) is 13.3 Å². The van der Waals surface area contributed by atoms with Gasteiger partial charge in [-0.25, -0.2) is 4.98 Å². The van der Waals surface area contributed by atoms with Gasteiger partial charge in [0.15, 0.2) is 0 Å². The highest BCUT2D eigenvalue weighted by atomic mass is 16.3. The predicted octanol–water partition coefficient (Wildman–Crippen LogP) is -1.32. The quantitative estimate of drug-likeness (QED) is 0.581. The van der Waals surface area contributed by atoms with Crippen LogP contribution in [0.2, 0.25) is 0 Å². The Morgan fingerprint density at radius 1 is 1.37 bits per heavy atom. The third-order valence-corrected chi connectivity index (χ3v) is 3.16. The van der Waals surface area contributed by atoms with Gasteiger partial charge in [-0.15, -0.1) is 0 Å². The number of β-amino-alcohol motifs (C(OH)–C–C–N with tert-alkyl or cyclic N) is 2. The van der Waals surface area contributed by atoms with E-state index >= 15 is 0 Å². The number of nitrogens with zero attached hydrogens (tertiary/aromatic N) is 3. The molecular formula is C12H18N4O3. The van der Waals surface area contributed by atoms with E-state index in [1.165, 1.54) is 17.3 Å². The second kappa shape index (κ2) is 5.60. The number of aromatic nitrogens is 2. The van der Waals surface area contributed by atoms with Gasteiger partial charge in [0, 0.05) is 25.3 Å². The third-order valence-electron chi connectivity index (χ3n) is 3.16. The second-order valence-corrected chi connectivity index (χ2v) is 4.87. The molecule has 4 N–H and O–H groups in total. The first-order valence-electron chi connectivity index (χ1n) is 6.17. The number of hydrogen-bond donors (Lipinski definition) is 3. The van der Waals surface area contributed by atoms with Crippen LogP contribution < -0.4 is 5.73 Å². The summed E-state index contributed by atoms with van der Waals surface area (Å²) in [5.41, 5.74) is 6.63. The number of hydrogen-bond acceptors (Lipinski definition) is 6. The molecule has 1 fully saturated rings. The topological polar surface area (TPSA) is 113 Å². The Kier molecular flexibility index (Phi) is 4.08. The summed E-state index contributed by atoms with van der Waals surface area (Å²) >= 11 is 0. The highest BCUT2D eigenvalue weighted by Gasteiger charge is 2.30. The fourth-order valence-corrected chi connectivity index (χ4v) is 2.07. The molecular weight excluding hydrogens is 248 g/mol. The molecule has 1 aliphatic rings. The van der Waals surface area contributed by atoms with Crippen LogP contribution in [0.15, 0.2) is 12.4 Å². The van der Waals surface area contributed by atoms with Crippen molar-refractivity contribution >= 4 is 5.91 Å². The van der Waals surface area contributed by atoms with E-state index < -0.39 is 18.2 Å². The van der Waals surface area contributed by atoms with Crippen LogP contribution >= 0.6 is 0 Å². The lowest BCUT2D eigenvalue weighted by Crippen LogP contribution is -2.43. The number of rotatable bonds is 1. The van der Waals surface area contributed by atoms with Gasteiger partial charge in [0.2, 0.25) is 0 Å². The van der Waals surface area contributed by atoms with E-state index in [1.807, 2.05) is 0 Å². The fourth-order valence-electron chi connectivity index (χ4n) is 2.07. The molecule has 7 heteroatoms. The standard InChI is InChI=1S/C12H18N4O3/c1-7-3-15-10(4-14-7)12(19)16-5-8(17)2-9(13)11(18)6-16/h3-4,8-9,11,17-18H,2,5-6,13H2,1H3/t8-,9-,11-/m1/s1. The van der Waals surface area contributed by atoms with Crippen molar-refractivity contribution in [2.24, 2.45) is 5.73 Å². The van der Waals surface area contributed by atoms with Crippen LogP contribution in [0.5, 0.6) is 0 Å². The molecule has 1 aromatic heterocycles. The minimum Gasteiger partial charge on any atom is -0.391 e. The highest BCUT2D eigenvalue weighted by molar-refractivity contribution is 5.92. The van der Waals surface area contributed by atoms with Gasteiger partial charge in [-0.3, -0.25) is 9.78 Å². The van der Waals surface area contributed by atoms with Gasteiger partial charge < -0.3 is 20.8 Å². The molecule has 3 atom stereocenters. The average molecular weight is 266 g/mol. The van der Waals surface area contributed by atoms with E-state index in [1.54, 1.807) is 6.92 Å². The molecule has 2 heterocycles. The maximum atomic E-state index is 12.2. The van der Waals surface area contributed by atoms with Crippen molar-refractivity contribution in [3.05, 3.63) is 23.8 Å². The number of carbonyl (C=O) groups excluding carboxylic acids is 1. The number of carbonyl (C=O) groups is 1. The Labute approximate surface area is 111 Å². The van der Waals surface area contributed by atoms with Gasteiger partial charge in [-0.1, -0.05) is 0 Å². The summed E-state index contributed by atoms with van der Waals surface area (Å²) in [5.74, 6) is -0.361. The number of aryl methyl sites for hydroxylation is 1. The lowest BCUT2D eigenvalue weighted by atomic mass is 10.1. The summed E-state index contributed by atoms with van der Waals surface area (Å²) in [6, 6.07) is -0.531. The summed E-state index contributed by atoms with van der Waals surface area (Å²) in [5, 5.41) is 19.6. The van der Waals surface area contributed by atoms with Crippen LogP contribution in [0, 0.1) is 6.92 Å². The van der Waals surface area contributed by atoms with Gasteiger partial charge in [0.05, 0.1) is 24.1 Å². The SMILES string of the molecule is Cc1cnc(C(=O)N2C[C@H](O)C[C@@H](N)[C@H](O)C2)cn1. The summed E-state index contributed by atoms with van der Waals surface area (Å²) in [4.78, 5) is 21.6. The molecule has 1 aliphatic heterocycles. The Morgan fingerprint density at radius 2 is 2.11 bits per heavy atom. The van der Waals surface area contributed by atoms with Gasteiger partial charge in [-0.2, -0.15) is 0 Å². The van der Waals surface area contributed by atoms with Crippen molar-refractivity contribution in [1.29, 1.82) is 0 Å². The first-order valence-corrected chi connectivity index (χ1v) is 6.17. The Hall–Kier alpha value is -1.57. The zero-order valence-corrected chi connectivity index (χ0v) is 10.7. The Morgan fingerprint density at radius 3 is 2.74 bits per heavy atom. The van der Waals surface area contributed by atoms with Crippen molar-refractivity contribution in [2.45, 2.75) is 31.6 Å². The van der Waals surface area contributed by atoms with Gasteiger partial charge in [0.25, 0.3) is 5.91 Å². The monoisotopic (exact) mass is 266 g/mol. The molecule has 1 aromatic rings. The van der Waals surface area contributed by atoms with Crippen LogP contribution in [0.25, 0.3) is 0 Å². The highest BCUT2D eigenvalue weighted by Crippen LogP contribution is 2.13. The minimum absolute atomic E-state index is 0.0899. The minimum atomic E-state index is -0.848. The van der Waals surface area contributed by atoms with Crippen LogP contribution in [0.3, 0.4) is 0 Å². The molecule has 0 spiro atoms. The first-order chi connectivity index (χ1) is 8.97. The maximum Gasteiger partial charge on any atom is 0.274 e. The summed E-state index contributed by atoms with van der Waals surface area (Å²) in [7, 11) is 0. The van der Waals surface area contributed by atoms with Crippen LogP contribution in [0.4, 0.5) is 0 Å². The fraction of sp³-hybridized carbons (Fsp3) is 0.583. The smallest absolute Gasteiger partial charge is 0.274 e. The molecule has 0 saturated carbocycles. The zero-order chi connectivity index (χ0) is 14.0. The Balaban J connectivity index is 2.15. The summed E-state index contributed by atoms with van der Waals surface area (Å²) in [6.45, 7) is 2.01. The lowest BCUT2D eigenvalue weighted by Gasteiger charge is -2.23. The molecule has 1 amide bonds. The van der Waals surface area contributed by atoms with E-state index in [4.69, 9.17) is 5.73 Å². The second-order valence-electron chi connectivity index (χ2n) is 4.87. The molecule has 7 nitrogen and oxygen atoms in total. The van der Waals surface area contributed by atoms with Crippen LogP contribution in [-0.2, 0) is 0 Å². The normalized spacial score (nSPS) is 28.0. The molecule has 0 aliphatic carbocycles. The van der Waals surface area contributed by atoms with E-state index in [-0.39, 0.29) is 31.1 Å². The number of aliphatic hydroxyl groups is 2. The Bertz CT molecular complexity index is 451. The third kappa shape index (κ3) is 3.25. The summed E-state index contributed by atoms with van der Waals surface area (Å²) in [6.07, 6.45) is 1.57. The molecule has 19 heavy (non-hydrogen) atoms. The maximum absolute atomic E-state index is 12.2. The predicted molar refractivity (Wildman–Crippen MR) is 67.3 cm³/mol. The molecule has 104 valence electrons.